The summed E-state index contributed by atoms with van der Waals surface area (Å²) in [4.78, 5) is 35.2. The molecular weight excluding hydrogens is 482 g/mol. The van der Waals surface area contributed by atoms with Crippen molar-refractivity contribution in [1.29, 1.82) is 0 Å². The number of amides is 1. The van der Waals surface area contributed by atoms with E-state index >= 15 is 0 Å². The van der Waals surface area contributed by atoms with Gasteiger partial charge in [-0.05, 0) is 73.9 Å². The van der Waals surface area contributed by atoms with E-state index in [1.807, 2.05) is 47.6 Å². The van der Waals surface area contributed by atoms with Crippen LogP contribution in [0.25, 0.3) is 21.5 Å². The molecule has 0 atom stereocenters. The number of carbonyl (C=O) groups is 2. The van der Waals surface area contributed by atoms with Crippen LogP contribution in [0.5, 0.6) is 0 Å². The quantitative estimate of drug-likeness (QED) is 0.295. The minimum absolute atomic E-state index is 0.0184. The first-order chi connectivity index (χ1) is 18.2. The molecule has 2 fully saturated rings. The molecule has 37 heavy (non-hydrogen) atoms. The minimum atomic E-state index is -0.0184. The molecule has 7 heteroatoms. The second kappa shape index (κ2) is 9.23. The van der Waals surface area contributed by atoms with Crippen LogP contribution in [-0.4, -0.2) is 41.0 Å². The van der Waals surface area contributed by atoms with Gasteiger partial charge in [0.05, 0.1) is 27.9 Å². The van der Waals surface area contributed by atoms with Crippen LogP contribution in [0.1, 0.15) is 63.7 Å². The van der Waals surface area contributed by atoms with Crippen molar-refractivity contribution >= 4 is 39.7 Å². The molecule has 1 amide bonds. The third-order valence-corrected chi connectivity index (χ3v) is 9.20. The van der Waals surface area contributed by atoms with E-state index in [0.717, 1.165) is 70.1 Å². The highest BCUT2D eigenvalue weighted by Crippen LogP contribution is 2.43. The summed E-state index contributed by atoms with van der Waals surface area (Å²) in [6, 6.07) is 16.4. The Morgan fingerprint density at radius 1 is 1.03 bits per heavy atom. The van der Waals surface area contributed by atoms with Crippen molar-refractivity contribution in [1.82, 2.24) is 9.55 Å². The number of rotatable bonds is 5. The van der Waals surface area contributed by atoms with Gasteiger partial charge in [0, 0.05) is 48.2 Å². The Kier molecular flexibility index (Phi) is 5.70. The molecule has 2 aromatic heterocycles. The summed E-state index contributed by atoms with van der Waals surface area (Å²) in [6.45, 7) is 2.12. The first-order valence-corrected chi connectivity index (χ1v) is 14.1. The van der Waals surface area contributed by atoms with Crippen molar-refractivity contribution < 1.29 is 14.3 Å². The number of carbonyl (C=O) groups excluding carboxylic acids is 2. The number of ketones is 1. The molecule has 0 radical (unpaired) electrons. The van der Waals surface area contributed by atoms with Crippen LogP contribution in [0.4, 0.5) is 5.69 Å². The second-order valence-corrected chi connectivity index (χ2v) is 11.5. The Morgan fingerprint density at radius 2 is 1.86 bits per heavy atom. The molecule has 188 valence electrons. The number of thiophene rings is 1. The molecule has 7 rings (SSSR count). The molecule has 1 saturated heterocycles. The molecule has 4 heterocycles. The number of hydrogen-bond acceptors (Lipinski definition) is 5. The number of nitrogens with zero attached hydrogens (tertiary/aromatic N) is 3. The number of aromatic nitrogens is 2. The summed E-state index contributed by atoms with van der Waals surface area (Å²) in [6.07, 6.45) is 7.61. The number of imidazole rings is 1. The zero-order valence-electron chi connectivity index (χ0n) is 20.7. The highest BCUT2D eigenvalue weighted by molar-refractivity contribution is 7.17. The molecule has 3 aliphatic rings. The van der Waals surface area contributed by atoms with Crippen molar-refractivity contribution in [3.8, 4) is 10.4 Å². The van der Waals surface area contributed by atoms with Gasteiger partial charge in [-0.25, -0.2) is 4.98 Å². The Balaban J connectivity index is 1.20. The summed E-state index contributed by atoms with van der Waals surface area (Å²) in [5.74, 6) is 0.824. The summed E-state index contributed by atoms with van der Waals surface area (Å²) < 4.78 is 7.75. The van der Waals surface area contributed by atoms with Gasteiger partial charge < -0.3 is 14.2 Å². The van der Waals surface area contributed by atoms with E-state index in [4.69, 9.17) is 4.74 Å². The van der Waals surface area contributed by atoms with E-state index in [-0.39, 0.29) is 11.7 Å². The molecule has 2 aromatic carbocycles. The average Bonchev–Trinajstić information content (AvgIpc) is 3.52. The van der Waals surface area contributed by atoms with Crippen LogP contribution in [0.2, 0.25) is 0 Å². The Morgan fingerprint density at radius 3 is 2.70 bits per heavy atom. The van der Waals surface area contributed by atoms with E-state index < -0.39 is 0 Å². The van der Waals surface area contributed by atoms with Gasteiger partial charge in [-0.3, -0.25) is 9.59 Å². The van der Waals surface area contributed by atoms with Crippen LogP contribution in [-0.2, 0) is 11.2 Å². The first kappa shape index (κ1) is 22.9. The van der Waals surface area contributed by atoms with Crippen molar-refractivity contribution in [3.63, 3.8) is 0 Å². The van der Waals surface area contributed by atoms with Crippen LogP contribution in [0.15, 0.2) is 54.9 Å². The van der Waals surface area contributed by atoms with Gasteiger partial charge in [0.2, 0.25) is 0 Å². The third-order valence-electron chi connectivity index (χ3n) is 7.95. The molecule has 6 nitrogen and oxygen atoms in total. The molecule has 1 aliphatic carbocycles. The summed E-state index contributed by atoms with van der Waals surface area (Å²) in [7, 11) is 0. The first-order valence-electron chi connectivity index (χ1n) is 13.3. The highest BCUT2D eigenvalue weighted by Gasteiger charge is 2.30. The van der Waals surface area contributed by atoms with E-state index in [1.165, 1.54) is 12.8 Å². The lowest BCUT2D eigenvalue weighted by molar-refractivity contribution is 0.0706. The van der Waals surface area contributed by atoms with Gasteiger partial charge in [0.1, 0.15) is 0 Å². The van der Waals surface area contributed by atoms with Crippen molar-refractivity contribution in [2.75, 3.05) is 24.7 Å². The molecule has 0 unspecified atom stereocenters. The van der Waals surface area contributed by atoms with Crippen LogP contribution in [0.3, 0.4) is 0 Å². The topological polar surface area (TPSA) is 64.4 Å². The van der Waals surface area contributed by atoms with Gasteiger partial charge in [-0.2, -0.15) is 0 Å². The number of Topliss-reactive ketones (excluding diaryl/α,β-unsaturated/α-hetero) is 1. The number of fused-ring (bicyclic) bond motifs is 4. The lowest BCUT2D eigenvalue weighted by atomic mass is 10.1. The highest BCUT2D eigenvalue weighted by atomic mass is 32.1. The Bertz CT molecular complexity index is 1510. The number of benzene rings is 2. The molecule has 1 saturated carbocycles. The van der Waals surface area contributed by atoms with Gasteiger partial charge in [0.15, 0.2) is 5.78 Å². The SMILES string of the molecule is O=C(CC1CC1)c1cc2c(s1)-c1ccccc1N(C(=O)c1ccc3c(c1)ncn3C1CCOCC1)CC2. The van der Waals surface area contributed by atoms with E-state index in [9.17, 15) is 9.59 Å². The standard InChI is InChI=1S/C30H29N3O3S/c34-27(15-19-5-6-19)28-17-20-9-12-32(25-4-2-1-3-23(25)29(20)37-28)30(35)21-7-8-26-24(16-21)31-18-33(26)22-10-13-36-14-11-22/h1-4,7-8,16-19,22H,5-6,9-15H2. The second-order valence-electron chi connectivity index (χ2n) is 10.5. The normalized spacial score (nSPS) is 17.9. The monoisotopic (exact) mass is 511 g/mol. The number of hydrogen-bond donors (Lipinski definition) is 0. The molecule has 4 aromatic rings. The zero-order valence-corrected chi connectivity index (χ0v) is 21.5. The summed E-state index contributed by atoms with van der Waals surface area (Å²) in [5, 5.41) is 0. The van der Waals surface area contributed by atoms with Crippen LogP contribution < -0.4 is 4.90 Å². The largest absolute Gasteiger partial charge is 0.381 e. The lowest BCUT2D eigenvalue weighted by Gasteiger charge is -2.24. The smallest absolute Gasteiger partial charge is 0.258 e. The van der Waals surface area contributed by atoms with Crippen molar-refractivity contribution in [2.24, 2.45) is 5.92 Å². The van der Waals surface area contributed by atoms with Gasteiger partial charge in [0.25, 0.3) is 5.91 Å². The van der Waals surface area contributed by atoms with E-state index in [1.54, 1.807) is 11.3 Å². The maximum atomic E-state index is 13.9. The third kappa shape index (κ3) is 4.20. The maximum absolute atomic E-state index is 13.9. The fourth-order valence-electron chi connectivity index (χ4n) is 5.70. The lowest BCUT2D eigenvalue weighted by Crippen LogP contribution is -2.32. The van der Waals surface area contributed by atoms with Crippen LogP contribution >= 0.6 is 11.3 Å². The maximum Gasteiger partial charge on any atom is 0.258 e. The summed E-state index contributed by atoms with van der Waals surface area (Å²) >= 11 is 1.59. The minimum Gasteiger partial charge on any atom is -0.381 e. The Labute approximate surface area is 219 Å². The van der Waals surface area contributed by atoms with Crippen molar-refractivity contribution in [2.45, 2.75) is 44.6 Å². The van der Waals surface area contributed by atoms with Gasteiger partial charge in [-0.15, -0.1) is 11.3 Å². The zero-order chi connectivity index (χ0) is 24.9. The van der Waals surface area contributed by atoms with Gasteiger partial charge in [-0.1, -0.05) is 18.2 Å². The summed E-state index contributed by atoms with van der Waals surface area (Å²) in [5.41, 5.74) is 5.65. The van der Waals surface area contributed by atoms with Crippen LogP contribution in [0, 0.1) is 5.92 Å². The number of ether oxygens (including phenoxy) is 1. The van der Waals surface area contributed by atoms with E-state index in [2.05, 4.69) is 21.7 Å². The predicted octanol–water partition coefficient (Wildman–Crippen LogP) is 6.30. The predicted molar refractivity (Wildman–Crippen MR) is 146 cm³/mol. The van der Waals surface area contributed by atoms with Crippen molar-refractivity contribution in [3.05, 3.63) is 70.9 Å². The molecule has 2 aliphatic heterocycles. The molecule has 0 spiro atoms. The average molecular weight is 512 g/mol. The molecule has 0 N–H and O–H groups in total. The fourth-order valence-corrected chi connectivity index (χ4v) is 6.90. The number of anilines is 1. The molecular formula is C30H29N3O3S. The molecule has 0 bridgehead atoms. The van der Waals surface area contributed by atoms with Gasteiger partial charge >= 0.3 is 0 Å². The Hall–Kier alpha value is -3.29. The van der Waals surface area contributed by atoms with E-state index in [0.29, 0.717) is 30.5 Å². The number of para-hydroxylation sites is 1. The fraction of sp³-hybridized carbons (Fsp3) is 0.367.